The van der Waals surface area contributed by atoms with E-state index in [1.807, 2.05) is 6.92 Å². The summed E-state index contributed by atoms with van der Waals surface area (Å²) in [7, 11) is -3.35. The first-order chi connectivity index (χ1) is 9.34. The minimum Gasteiger partial charge on any atom is -0.481 e. The van der Waals surface area contributed by atoms with Crippen molar-refractivity contribution < 1.29 is 23.1 Å². The third-order valence-corrected chi connectivity index (χ3v) is 5.17. The zero-order chi connectivity index (χ0) is 15.2. The Morgan fingerprint density at radius 1 is 1.25 bits per heavy atom. The first-order valence-electron chi connectivity index (χ1n) is 7.06. The fourth-order valence-corrected chi connectivity index (χ4v) is 3.72. The minimum absolute atomic E-state index is 0.0384. The maximum absolute atomic E-state index is 11.7. The molecule has 0 spiro atoms. The van der Waals surface area contributed by atoms with Gasteiger partial charge in [-0.05, 0) is 25.7 Å². The Bertz CT molecular complexity index is 446. The highest BCUT2D eigenvalue weighted by molar-refractivity contribution is 7.92. The second-order valence-electron chi connectivity index (χ2n) is 5.41. The topological polar surface area (TPSA) is 101 Å². The zero-order valence-corrected chi connectivity index (χ0v) is 12.6. The van der Waals surface area contributed by atoms with E-state index < -0.39 is 33.4 Å². The monoisotopic (exact) mass is 305 g/mol. The van der Waals surface area contributed by atoms with Crippen LogP contribution in [0.2, 0.25) is 0 Å². The summed E-state index contributed by atoms with van der Waals surface area (Å²) in [5.41, 5.74) is 0. The summed E-state index contributed by atoms with van der Waals surface area (Å²) >= 11 is 0. The number of aliphatic carboxylic acids is 1. The zero-order valence-electron chi connectivity index (χ0n) is 11.8. The number of hydrogen-bond acceptors (Lipinski definition) is 4. The molecule has 1 aliphatic carbocycles. The molecule has 1 rings (SSSR count). The standard InChI is InChI=1S/C13H23NO5S/c1-2-3-4-7-20(18,19)9-12(15)14-11-6-5-10(8-11)13(16)17/h10-11H,2-9H2,1H3,(H,14,15)(H,16,17)/t10-,11+/m1/s1. The van der Waals surface area contributed by atoms with Gasteiger partial charge in [0.1, 0.15) is 5.75 Å². The predicted octanol–water partition coefficient (Wildman–Crippen LogP) is 0.961. The molecule has 1 aliphatic rings. The Labute approximate surface area is 119 Å². The average Bonchev–Trinajstić information content (AvgIpc) is 2.76. The highest BCUT2D eigenvalue weighted by atomic mass is 32.2. The Morgan fingerprint density at radius 2 is 1.95 bits per heavy atom. The summed E-state index contributed by atoms with van der Waals surface area (Å²) in [6.07, 6.45) is 3.86. The van der Waals surface area contributed by atoms with Crippen molar-refractivity contribution in [3.05, 3.63) is 0 Å². The number of hydrogen-bond donors (Lipinski definition) is 2. The maximum Gasteiger partial charge on any atom is 0.306 e. The molecule has 0 aromatic carbocycles. The quantitative estimate of drug-likeness (QED) is 0.651. The summed E-state index contributed by atoms with van der Waals surface area (Å²) in [6.45, 7) is 1.98. The molecule has 1 amide bonds. The number of sulfone groups is 1. The van der Waals surface area contributed by atoms with Gasteiger partial charge in [-0.3, -0.25) is 9.59 Å². The Morgan fingerprint density at radius 3 is 2.50 bits per heavy atom. The molecule has 7 heteroatoms. The smallest absolute Gasteiger partial charge is 0.306 e. The van der Waals surface area contributed by atoms with Crippen LogP contribution < -0.4 is 5.32 Å². The molecular formula is C13H23NO5S. The molecule has 0 aliphatic heterocycles. The molecule has 6 nitrogen and oxygen atoms in total. The number of carbonyl (C=O) groups is 2. The first-order valence-corrected chi connectivity index (χ1v) is 8.88. The molecule has 0 unspecified atom stereocenters. The first kappa shape index (κ1) is 16.9. The summed E-state index contributed by atoms with van der Waals surface area (Å²) in [5, 5.41) is 11.5. The number of carbonyl (C=O) groups excluding carboxylic acids is 1. The Kier molecular flexibility index (Phi) is 6.45. The van der Waals surface area contributed by atoms with Crippen LogP contribution in [0.4, 0.5) is 0 Å². The van der Waals surface area contributed by atoms with Crippen molar-refractivity contribution in [3.8, 4) is 0 Å². The highest BCUT2D eigenvalue weighted by Gasteiger charge is 2.31. The van der Waals surface area contributed by atoms with Gasteiger partial charge in [0.05, 0.1) is 11.7 Å². The molecule has 2 N–H and O–H groups in total. The second kappa shape index (κ2) is 7.61. The second-order valence-corrected chi connectivity index (χ2v) is 7.60. The van der Waals surface area contributed by atoms with E-state index in [0.29, 0.717) is 25.7 Å². The van der Waals surface area contributed by atoms with Crippen LogP contribution in [-0.2, 0) is 19.4 Å². The van der Waals surface area contributed by atoms with E-state index in [1.54, 1.807) is 0 Å². The van der Waals surface area contributed by atoms with E-state index in [2.05, 4.69) is 5.32 Å². The third-order valence-electron chi connectivity index (χ3n) is 3.56. The highest BCUT2D eigenvalue weighted by Crippen LogP contribution is 2.25. The molecule has 0 radical (unpaired) electrons. The number of nitrogens with one attached hydrogen (secondary N) is 1. The van der Waals surface area contributed by atoms with Crippen molar-refractivity contribution >= 4 is 21.7 Å². The number of rotatable bonds is 8. The normalized spacial score (nSPS) is 22.6. The fourth-order valence-electron chi connectivity index (χ4n) is 2.45. The van der Waals surface area contributed by atoms with E-state index in [1.165, 1.54) is 0 Å². The lowest BCUT2D eigenvalue weighted by Crippen LogP contribution is -2.37. The number of unbranched alkanes of at least 4 members (excludes halogenated alkanes) is 2. The molecule has 20 heavy (non-hydrogen) atoms. The van der Waals surface area contributed by atoms with Crippen LogP contribution in [0.1, 0.15) is 45.4 Å². The van der Waals surface area contributed by atoms with Crippen molar-refractivity contribution in [2.45, 2.75) is 51.5 Å². The van der Waals surface area contributed by atoms with Crippen molar-refractivity contribution in [2.24, 2.45) is 5.92 Å². The van der Waals surface area contributed by atoms with Gasteiger partial charge in [-0.15, -0.1) is 0 Å². The van der Waals surface area contributed by atoms with E-state index in [9.17, 15) is 18.0 Å². The minimum atomic E-state index is -3.35. The van der Waals surface area contributed by atoms with Gasteiger partial charge in [0.15, 0.2) is 9.84 Å². The van der Waals surface area contributed by atoms with Crippen LogP contribution >= 0.6 is 0 Å². The number of carboxylic acid groups (broad SMARTS) is 1. The van der Waals surface area contributed by atoms with Crippen LogP contribution in [0.25, 0.3) is 0 Å². The predicted molar refractivity (Wildman–Crippen MR) is 75.1 cm³/mol. The lowest BCUT2D eigenvalue weighted by atomic mass is 10.1. The number of carboxylic acids is 1. The Hall–Kier alpha value is -1.11. The fraction of sp³-hybridized carbons (Fsp3) is 0.846. The number of amides is 1. The van der Waals surface area contributed by atoms with Crippen molar-refractivity contribution in [1.82, 2.24) is 5.32 Å². The summed E-state index contributed by atoms with van der Waals surface area (Å²) in [6, 6.07) is -0.213. The lowest BCUT2D eigenvalue weighted by Gasteiger charge is -2.12. The Balaban J connectivity index is 2.35. The van der Waals surface area contributed by atoms with Gasteiger partial charge in [-0.25, -0.2) is 8.42 Å². The molecule has 1 saturated carbocycles. The van der Waals surface area contributed by atoms with Crippen LogP contribution in [0.15, 0.2) is 0 Å². The third kappa shape index (κ3) is 5.90. The van der Waals surface area contributed by atoms with E-state index in [4.69, 9.17) is 5.11 Å². The maximum atomic E-state index is 11.7. The molecule has 1 fully saturated rings. The molecule has 0 bridgehead atoms. The van der Waals surface area contributed by atoms with E-state index in [0.717, 1.165) is 12.8 Å². The van der Waals surface area contributed by atoms with Gasteiger partial charge >= 0.3 is 5.97 Å². The molecule has 2 atom stereocenters. The van der Waals surface area contributed by atoms with Crippen molar-refractivity contribution in [1.29, 1.82) is 0 Å². The summed E-state index contributed by atoms with van der Waals surface area (Å²) < 4.78 is 23.4. The van der Waals surface area contributed by atoms with Crippen molar-refractivity contribution in [2.75, 3.05) is 11.5 Å². The molecule has 0 saturated heterocycles. The van der Waals surface area contributed by atoms with Gasteiger partial charge in [0, 0.05) is 6.04 Å². The van der Waals surface area contributed by atoms with Gasteiger partial charge in [-0.2, -0.15) is 0 Å². The van der Waals surface area contributed by atoms with Crippen LogP contribution in [0, 0.1) is 5.92 Å². The average molecular weight is 305 g/mol. The molecule has 0 aromatic rings. The molecule has 0 aromatic heterocycles. The van der Waals surface area contributed by atoms with Crippen LogP contribution in [0.3, 0.4) is 0 Å². The largest absolute Gasteiger partial charge is 0.481 e. The van der Waals surface area contributed by atoms with E-state index in [-0.39, 0.29) is 11.8 Å². The lowest BCUT2D eigenvalue weighted by molar-refractivity contribution is -0.141. The van der Waals surface area contributed by atoms with Crippen LogP contribution in [0.5, 0.6) is 0 Å². The van der Waals surface area contributed by atoms with Gasteiger partial charge in [0.25, 0.3) is 0 Å². The van der Waals surface area contributed by atoms with Crippen molar-refractivity contribution in [3.63, 3.8) is 0 Å². The van der Waals surface area contributed by atoms with Gasteiger partial charge in [0.2, 0.25) is 5.91 Å². The van der Waals surface area contributed by atoms with Crippen LogP contribution in [-0.4, -0.2) is 42.9 Å². The van der Waals surface area contributed by atoms with E-state index >= 15 is 0 Å². The van der Waals surface area contributed by atoms with Gasteiger partial charge in [-0.1, -0.05) is 19.8 Å². The molecule has 0 heterocycles. The molecular weight excluding hydrogens is 282 g/mol. The summed E-state index contributed by atoms with van der Waals surface area (Å²) in [5.74, 6) is -2.25. The van der Waals surface area contributed by atoms with Gasteiger partial charge < -0.3 is 10.4 Å². The SMILES string of the molecule is CCCCCS(=O)(=O)CC(=O)N[C@H]1CC[C@@H](C(=O)O)C1. The summed E-state index contributed by atoms with van der Waals surface area (Å²) in [4.78, 5) is 22.5. The molecule has 116 valence electrons.